The van der Waals surface area contributed by atoms with Crippen molar-refractivity contribution in [2.24, 2.45) is 11.8 Å². The minimum absolute atomic E-state index is 0.354. The van der Waals surface area contributed by atoms with Gasteiger partial charge in [0.25, 0.3) is 0 Å². The number of ether oxygens (including phenoxy) is 2. The summed E-state index contributed by atoms with van der Waals surface area (Å²) in [5, 5.41) is 3.45. The summed E-state index contributed by atoms with van der Waals surface area (Å²) in [5.74, 6) is 1.70. The van der Waals surface area contributed by atoms with E-state index in [0.717, 1.165) is 31.6 Å². The average molecular weight is 263 g/mol. The third-order valence-corrected chi connectivity index (χ3v) is 4.30. The van der Waals surface area contributed by atoms with E-state index in [4.69, 9.17) is 9.47 Å². The molecule has 5 nitrogen and oxygen atoms in total. The second-order valence-corrected chi connectivity index (χ2v) is 5.35. The van der Waals surface area contributed by atoms with Crippen molar-refractivity contribution in [1.82, 2.24) is 9.97 Å². The maximum absolute atomic E-state index is 5.76. The fraction of sp³-hybridized carbons (Fsp3) is 0.714. The summed E-state index contributed by atoms with van der Waals surface area (Å²) in [5.41, 5.74) is 1.16. The van der Waals surface area contributed by atoms with Gasteiger partial charge in [-0.1, -0.05) is 6.92 Å². The smallest absolute Gasteiger partial charge is 0.222 e. The predicted octanol–water partition coefficient (Wildman–Crippen LogP) is 1.50. The molecule has 4 atom stereocenters. The molecule has 1 aromatic rings. The van der Waals surface area contributed by atoms with Crippen LogP contribution in [0.4, 0.5) is 5.95 Å². The molecule has 1 saturated heterocycles. The molecule has 2 fully saturated rings. The van der Waals surface area contributed by atoms with Crippen LogP contribution in [0.3, 0.4) is 0 Å². The van der Waals surface area contributed by atoms with Crippen LogP contribution in [0, 0.1) is 11.8 Å². The number of nitrogens with zero attached hydrogens (tertiary/aromatic N) is 2. The lowest BCUT2D eigenvalue weighted by Gasteiger charge is -2.47. The van der Waals surface area contributed by atoms with Crippen LogP contribution < -0.4 is 5.32 Å². The van der Waals surface area contributed by atoms with Gasteiger partial charge in [0, 0.05) is 44.0 Å². The van der Waals surface area contributed by atoms with Crippen molar-refractivity contribution in [3.8, 4) is 0 Å². The Bertz CT molecular complexity index is 423. The first kappa shape index (κ1) is 12.8. The topological polar surface area (TPSA) is 56.3 Å². The molecule has 104 valence electrons. The van der Waals surface area contributed by atoms with E-state index in [0.29, 0.717) is 29.9 Å². The zero-order valence-electron chi connectivity index (χ0n) is 11.5. The van der Waals surface area contributed by atoms with Crippen LogP contribution in [-0.2, 0) is 15.9 Å². The van der Waals surface area contributed by atoms with Crippen LogP contribution >= 0.6 is 0 Å². The highest BCUT2D eigenvalue weighted by Gasteiger charge is 2.53. The van der Waals surface area contributed by atoms with Crippen LogP contribution in [0.2, 0.25) is 0 Å². The number of fused-ring (bicyclic) bond motifs is 1. The molecule has 1 saturated carbocycles. The minimum Gasteiger partial charge on any atom is -0.384 e. The average Bonchev–Trinajstić information content (AvgIpc) is 2.87. The summed E-state index contributed by atoms with van der Waals surface area (Å²) in [6, 6.07) is 0.375. The lowest BCUT2D eigenvalue weighted by Crippen LogP contribution is -2.58. The second kappa shape index (κ2) is 5.43. The van der Waals surface area contributed by atoms with E-state index in [9.17, 15) is 0 Å². The van der Waals surface area contributed by atoms with Crippen LogP contribution in [-0.4, -0.2) is 42.4 Å². The molecule has 0 bridgehead atoms. The summed E-state index contributed by atoms with van der Waals surface area (Å²) in [6.45, 7) is 3.70. The molecule has 0 aromatic carbocycles. The molecule has 0 amide bonds. The van der Waals surface area contributed by atoms with E-state index in [1.165, 1.54) is 0 Å². The zero-order chi connectivity index (χ0) is 13.2. The van der Waals surface area contributed by atoms with Crippen molar-refractivity contribution in [2.75, 3.05) is 25.6 Å². The normalized spacial score (nSPS) is 32.7. The van der Waals surface area contributed by atoms with Crippen molar-refractivity contribution in [2.45, 2.75) is 31.9 Å². The van der Waals surface area contributed by atoms with Gasteiger partial charge < -0.3 is 14.8 Å². The van der Waals surface area contributed by atoms with E-state index in [-0.39, 0.29) is 0 Å². The first-order valence-electron chi connectivity index (χ1n) is 7.01. The van der Waals surface area contributed by atoms with Gasteiger partial charge >= 0.3 is 0 Å². The highest BCUT2D eigenvalue weighted by Crippen LogP contribution is 2.44. The van der Waals surface area contributed by atoms with Crippen molar-refractivity contribution in [3.05, 3.63) is 18.0 Å². The molecule has 0 spiro atoms. The monoisotopic (exact) mass is 263 g/mol. The highest BCUT2D eigenvalue weighted by atomic mass is 16.5. The Labute approximate surface area is 113 Å². The zero-order valence-corrected chi connectivity index (χ0v) is 11.5. The minimum atomic E-state index is 0.354. The maximum Gasteiger partial charge on any atom is 0.222 e. The van der Waals surface area contributed by atoms with Crippen LogP contribution in [0.1, 0.15) is 18.9 Å². The summed E-state index contributed by atoms with van der Waals surface area (Å²) < 4.78 is 11.1. The number of anilines is 1. The van der Waals surface area contributed by atoms with Gasteiger partial charge in [0.15, 0.2) is 0 Å². The molecular weight excluding hydrogens is 242 g/mol. The molecule has 1 aliphatic carbocycles. The Morgan fingerprint density at radius 2 is 2.21 bits per heavy atom. The van der Waals surface area contributed by atoms with Gasteiger partial charge in [0.2, 0.25) is 5.95 Å². The van der Waals surface area contributed by atoms with Gasteiger partial charge in [-0.2, -0.15) is 0 Å². The molecule has 19 heavy (non-hydrogen) atoms. The molecule has 0 unspecified atom stereocenters. The SMILES string of the molecule is CCc1cnc(N[C@H]2[C@H]3CCO[C@H]3[C@H]2COC)nc1. The summed E-state index contributed by atoms with van der Waals surface area (Å²) >= 11 is 0. The lowest BCUT2D eigenvalue weighted by atomic mass is 9.67. The van der Waals surface area contributed by atoms with Crippen molar-refractivity contribution >= 4 is 5.95 Å². The standard InChI is InChI=1S/C14H21N3O2/c1-3-9-6-15-14(16-7-9)17-12-10-4-5-19-13(10)11(12)8-18-2/h6-7,10-13H,3-5,8H2,1-2H3,(H,15,16,17)/t10-,11+,12+,13-/m1/s1. The number of rotatable bonds is 5. The number of methoxy groups -OCH3 is 1. The van der Waals surface area contributed by atoms with E-state index >= 15 is 0 Å². The quantitative estimate of drug-likeness (QED) is 0.872. The lowest BCUT2D eigenvalue weighted by molar-refractivity contribution is -0.0668. The first-order valence-corrected chi connectivity index (χ1v) is 7.01. The number of nitrogens with one attached hydrogen (secondary N) is 1. The fourth-order valence-electron chi connectivity index (χ4n) is 3.20. The summed E-state index contributed by atoms with van der Waals surface area (Å²) in [6.07, 6.45) is 6.22. The largest absolute Gasteiger partial charge is 0.384 e. The predicted molar refractivity (Wildman–Crippen MR) is 72.0 cm³/mol. The second-order valence-electron chi connectivity index (χ2n) is 5.35. The summed E-state index contributed by atoms with van der Waals surface area (Å²) in [4.78, 5) is 8.75. The van der Waals surface area contributed by atoms with Crippen molar-refractivity contribution < 1.29 is 9.47 Å². The van der Waals surface area contributed by atoms with E-state index in [1.807, 2.05) is 12.4 Å². The number of hydrogen-bond donors (Lipinski definition) is 1. The maximum atomic E-state index is 5.76. The molecule has 1 N–H and O–H groups in total. The Morgan fingerprint density at radius 3 is 2.89 bits per heavy atom. The van der Waals surface area contributed by atoms with Crippen LogP contribution in [0.5, 0.6) is 0 Å². The van der Waals surface area contributed by atoms with E-state index in [1.54, 1.807) is 7.11 Å². The van der Waals surface area contributed by atoms with Crippen LogP contribution in [0.15, 0.2) is 12.4 Å². The molecule has 1 aromatic heterocycles. The molecular formula is C14H21N3O2. The molecule has 0 radical (unpaired) electrons. The molecule has 3 rings (SSSR count). The summed E-state index contributed by atoms with van der Waals surface area (Å²) in [7, 11) is 1.74. The Morgan fingerprint density at radius 1 is 1.42 bits per heavy atom. The molecule has 5 heteroatoms. The van der Waals surface area contributed by atoms with E-state index in [2.05, 4.69) is 22.2 Å². The first-order chi connectivity index (χ1) is 9.33. The van der Waals surface area contributed by atoms with Gasteiger partial charge in [0.1, 0.15) is 0 Å². The Kier molecular flexibility index (Phi) is 3.66. The number of aromatic nitrogens is 2. The van der Waals surface area contributed by atoms with Gasteiger partial charge in [-0.3, -0.25) is 0 Å². The molecule has 2 heterocycles. The van der Waals surface area contributed by atoms with Crippen LogP contribution in [0.25, 0.3) is 0 Å². The third-order valence-electron chi connectivity index (χ3n) is 4.30. The molecule has 1 aliphatic heterocycles. The Balaban J connectivity index is 1.67. The fourth-order valence-corrected chi connectivity index (χ4v) is 3.20. The Hall–Kier alpha value is -1.20. The van der Waals surface area contributed by atoms with Gasteiger partial charge in [-0.15, -0.1) is 0 Å². The van der Waals surface area contributed by atoms with Gasteiger partial charge in [-0.25, -0.2) is 9.97 Å². The van der Waals surface area contributed by atoms with Gasteiger partial charge in [-0.05, 0) is 18.4 Å². The molecule has 2 aliphatic rings. The van der Waals surface area contributed by atoms with E-state index < -0.39 is 0 Å². The highest BCUT2D eigenvalue weighted by molar-refractivity contribution is 5.30. The van der Waals surface area contributed by atoms with Crippen molar-refractivity contribution in [3.63, 3.8) is 0 Å². The number of aryl methyl sites for hydroxylation is 1. The van der Waals surface area contributed by atoms with Crippen molar-refractivity contribution in [1.29, 1.82) is 0 Å². The third kappa shape index (κ3) is 2.32. The number of hydrogen-bond acceptors (Lipinski definition) is 5. The van der Waals surface area contributed by atoms with Gasteiger partial charge in [0.05, 0.1) is 12.7 Å².